The second-order valence-electron chi connectivity index (χ2n) is 5.78. The Morgan fingerprint density at radius 3 is 1.83 bits per heavy atom. The van der Waals surface area contributed by atoms with Crippen molar-refractivity contribution < 1.29 is 0 Å². The van der Waals surface area contributed by atoms with Crippen LogP contribution in [0.1, 0.15) is 85.5 Å². The van der Waals surface area contributed by atoms with Crippen LogP contribution in [0.4, 0.5) is 0 Å². The summed E-state index contributed by atoms with van der Waals surface area (Å²) in [5.74, 6) is 1.91. The molecule has 18 heavy (non-hydrogen) atoms. The fraction of sp³-hybridized carbons (Fsp3) is 1.00. The van der Waals surface area contributed by atoms with Crippen LogP contribution in [-0.2, 0) is 0 Å². The molecule has 0 aliphatic carbocycles. The van der Waals surface area contributed by atoms with Crippen molar-refractivity contribution in [2.75, 3.05) is 13.1 Å². The summed E-state index contributed by atoms with van der Waals surface area (Å²) in [6.07, 6.45) is 12.4. The molecule has 1 nitrogen and oxygen atoms in total. The van der Waals surface area contributed by atoms with Crippen LogP contribution in [0.2, 0.25) is 0 Å². The molecule has 0 rings (SSSR count). The Labute approximate surface area is 116 Å². The molecule has 110 valence electrons. The van der Waals surface area contributed by atoms with Crippen molar-refractivity contribution in [2.24, 2.45) is 11.8 Å². The van der Waals surface area contributed by atoms with E-state index in [1.54, 1.807) is 0 Å². The number of hydrogen-bond acceptors (Lipinski definition) is 1. The van der Waals surface area contributed by atoms with Crippen molar-refractivity contribution in [3.63, 3.8) is 0 Å². The molecule has 0 aliphatic heterocycles. The Bertz CT molecular complexity index is 152. The first-order valence-corrected chi connectivity index (χ1v) is 8.49. The predicted molar refractivity (Wildman–Crippen MR) is 84.1 cm³/mol. The molecular weight excluding hydrogens is 218 g/mol. The highest BCUT2D eigenvalue weighted by Gasteiger charge is 2.05. The van der Waals surface area contributed by atoms with E-state index in [9.17, 15) is 0 Å². The topological polar surface area (TPSA) is 12.0 Å². The van der Waals surface area contributed by atoms with E-state index in [2.05, 4.69) is 33.0 Å². The molecule has 0 radical (unpaired) electrons. The number of hydrogen-bond donors (Lipinski definition) is 1. The van der Waals surface area contributed by atoms with Gasteiger partial charge < -0.3 is 5.32 Å². The molecule has 1 N–H and O–H groups in total. The molecule has 0 amide bonds. The summed E-state index contributed by atoms with van der Waals surface area (Å²) in [5, 5.41) is 3.62. The van der Waals surface area contributed by atoms with Crippen LogP contribution < -0.4 is 5.32 Å². The molecule has 0 aromatic rings. The van der Waals surface area contributed by atoms with Gasteiger partial charge in [-0.3, -0.25) is 0 Å². The maximum absolute atomic E-state index is 3.62. The number of nitrogens with one attached hydrogen (secondary N) is 1. The van der Waals surface area contributed by atoms with Gasteiger partial charge in [0.25, 0.3) is 0 Å². The molecule has 0 aromatic carbocycles. The SMILES string of the molecule is CCCCC(CC)CCCNCCC(CC)CC. The van der Waals surface area contributed by atoms with Gasteiger partial charge in [-0.25, -0.2) is 0 Å². The van der Waals surface area contributed by atoms with Crippen LogP contribution in [-0.4, -0.2) is 13.1 Å². The molecule has 0 fully saturated rings. The third kappa shape index (κ3) is 9.94. The lowest BCUT2D eigenvalue weighted by molar-refractivity contribution is 0.396. The zero-order valence-electron chi connectivity index (χ0n) is 13.4. The van der Waals surface area contributed by atoms with Gasteiger partial charge in [0.2, 0.25) is 0 Å². The summed E-state index contributed by atoms with van der Waals surface area (Å²) in [6.45, 7) is 11.7. The molecule has 0 heterocycles. The van der Waals surface area contributed by atoms with Gasteiger partial charge in [0.15, 0.2) is 0 Å². The highest BCUT2D eigenvalue weighted by molar-refractivity contribution is 4.61. The summed E-state index contributed by atoms with van der Waals surface area (Å²) in [5.41, 5.74) is 0. The van der Waals surface area contributed by atoms with Gasteiger partial charge in [0.05, 0.1) is 0 Å². The Morgan fingerprint density at radius 2 is 1.28 bits per heavy atom. The monoisotopic (exact) mass is 255 g/mol. The molecule has 0 spiro atoms. The van der Waals surface area contributed by atoms with E-state index in [-0.39, 0.29) is 0 Å². The summed E-state index contributed by atoms with van der Waals surface area (Å²) in [6, 6.07) is 0. The van der Waals surface area contributed by atoms with Crippen LogP contribution in [0.15, 0.2) is 0 Å². The lowest BCUT2D eigenvalue weighted by Gasteiger charge is -2.15. The average molecular weight is 255 g/mol. The van der Waals surface area contributed by atoms with E-state index in [0.29, 0.717) is 0 Å². The van der Waals surface area contributed by atoms with Crippen LogP contribution in [0, 0.1) is 11.8 Å². The third-order valence-electron chi connectivity index (χ3n) is 4.39. The Balaban J connectivity index is 3.37. The van der Waals surface area contributed by atoms with Crippen molar-refractivity contribution in [1.82, 2.24) is 5.32 Å². The Kier molecular flexibility index (Phi) is 13.4. The van der Waals surface area contributed by atoms with Crippen molar-refractivity contribution >= 4 is 0 Å². The lowest BCUT2D eigenvalue weighted by Crippen LogP contribution is -2.19. The maximum Gasteiger partial charge on any atom is -0.00463 e. The minimum absolute atomic E-state index is 0.936. The second kappa shape index (κ2) is 13.4. The second-order valence-corrected chi connectivity index (χ2v) is 5.78. The fourth-order valence-electron chi connectivity index (χ4n) is 2.69. The van der Waals surface area contributed by atoms with Crippen molar-refractivity contribution in [1.29, 1.82) is 0 Å². The van der Waals surface area contributed by atoms with Gasteiger partial charge >= 0.3 is 0 Å². The predicted octanol–water partition coefficient (Wildman–Crippen LogP) is 5.40. The van der Waals surface area contributed by atoms with Gasteiger partial charge in [-0.2, -0.15) is 0 Å². The smallest absolute Gasteiger partial charge is 0.00463 e. The Hall–Kier alpha value is -0.0400. The summed E-state index contributed by atoms with van der Waals surface area (Å²) < 4.78 is 0. The van der Waals surface area contributed by atoms with E-state index in [1.165, 1.54) is 70.9 Å². The van der Waals surface area contributed by atoms with Crippen LogP contribution in [0.5, 0.6) is 0 Å². The molecule has 0 aliphatic rings. The lowest BCUT2D eigenvalue weighted by atomic mass is 9.94. The largest absolute Gasteiger partial charge is 0.317 e. The summed E-state index contributed by atoms with van der Waals surface area (Å²) in [7, 11) is 0. The molecule has 1 atom stereocenters. The molecule has 0 saturated heterocycles. The zero-order valence-corrected chi connectivity index (χ0v) is 13.4. The van der Waals surface area contributed by atoms with Crippen molar-refractivity contribution in [2.45, 2.75) is 85.5 Å². The highest BCUT2D eigenvalue weighted by atomic mass is 14.8. The van der Waals surface area contributed by atoms with Crippen molar-refractivity contribution in [3.8, 4) is 0 Å². The first kappa shape index (κ1) is 18.0. The van der Waals surface area contributed by atoms with E-state index in [0.717, 1.165) is 11.8 Å². The first-order chi connectivity index (χ1) is 8.78. The molecular formula is C17H37N. The van der Waals surface area contributed by atoms with E-state index in [4.69, 9.17) is 0 Å². The molecule has 0 aromatic heterocycles. The maximum atomic E-state index is 3.62. The fourth-order valence-corrected chi connectivity index (χ4v) is 2.69. The van der Waals surface area contributed by atoms with Gasteiger partial charge in [-0.05, 0) is 44.2 Å². The molecule has 1 unspecified atom stereocenters. The minimum atomic E-state index is 0.936. The van der Waals surface area contributed by atoms with E-state index >= 15 is 0 Å². The standard InChI is InChI=1S/C17H37N/c1-5-9-11-17(8-4)12-10-14-18-15-13-16(6-2)7-3/h16-18H,5-15H2,1-4H3. The van der Waals surface area contributed by atoms with Crippen LogP contribution >= 0.6 is 0 Å². The zero-order chi connectivity index (χ0) is 13.6. The van der Waals surface area contributed by atoms with E-state index < -0.39 is 0 Å². The highest BCUT2D eigenvalue weighted by Crippen LogP contribution is 2.18. The van der Waals surface area contributed by atoms with Gasteiger partial charge in [-0.1, -0.05) is 66.2 Å². The number of unbranched alkanes of at least 4 members (excludes halogenated alkanes) is 1. The number of rotatable bonds is 13. The summed E-state index contributed by atoms with van der Waals surface area (Å²) >= 11 is 0. The quantitative estimate of drug-likeness (QED) is 0.435. The first-order valence-electron chi connectivity index (χ1n) is 8.49. The average Bonchev–Trinajstić information content (AvgIpc) is 2.41. The third-order valence-corrected chi connectivity index (χ3v) is 4.39. The minimum Gasteiger partial charge on any atom is -0.317 e. The van der Waals surface area contributed by atoms with Gasteiger partial charge in [0, 0.05) is 0 Å². The Morgan fingerprint density at radius 1 is 0.667 bits per heavy atom. The normalized spacial score (nSPS) is 13.2. The van der Waals surface area contributed by atoms with E-state index in [1.807, 2.05) is 0 Å². The van der Waals surface area contributed by atoms with Crippen LogP contribution in [0.25, 0.3) is 0 Å². The van der Waals surface area contributed by atoms with Gasteiger partial charge in [0.1, 0.15) is 0 Å². The molecule has 0 saturated carbocycles. The summed E-state index contributed by atoms with van der Waals surface area (Å²) in [4.78, 5) is 0. The van der Waals surface area contributed by atoms with Crippen LogP contribution in [0.3, 0.4) is 0 Å². The molecule has 1 heteroatoms. The van der Waals surface area contributed by atoms with Crippen molar-refractivity contribution in [3.05, 3.63) is 0 Å². The van der Waals surface area contributed by atoms with Gasteiger partial charge in [-0.15, -0.1) is 0 Å². The molecule has 0 bridgehead atoms.